The van der Waals surface area contributed by atoms with E-state index in [-0.39, 0.29) is 31.8 Å². The summed E-state index contributed by atoms with van der Waals surface area (Å²) in [6.45, 7) is 32.9. The number of halogens is 2. The van der Waals surface area contributed by atoms with Gasteiger partial charge in [-0.2, -0.15) is 0 Å². The Kier molecular flexibility index (Phi) is 19.7. The maximum atomic E-state index is 4.81. The molecule has 0 aromatic rings. The third-order valence-corrected chi connectivity index (χ3v) is 13.3. The van der Waals surface area contributed by atoms with Gasteiger partial charge in [0, 0.05) is 15.8 Å². The molecule has 0 aliphatic heterocycles. The van der Waals surface area contributed by atoms with E-state index in [0.29, 0.717) is 20.6 Å². The molecule has 0 spiro atoms. The molecular formula is C24H52Cl2P2Pd+2. The van der Waals surface area contributed by atoms with Crippen LogP contribution in [0.4, 0.5) is 0 Å². The minimum atomic E-state index is -0.325. The first kappa shape index (κ1) is 35.2. The van der Waals surface area contributed by atoms with Gasteiger partial charge in [-0.15, -0.1) is 0 Å². The SMILES string of the molecule is CC=CC[PH+](C(C)(C)C)C(C)(C)C.CC=CC[PH+](C(C)(C)C)C(C)(C)C.[Cl][Pd][Cl]. The normalized spacial score (nSPS) is 13.7. The summed E-state index contributed by atoms with van der Waals surface area (Å²) in [5.41, 5.74) is 0. The van der Waals surface area contributed by atoms with Crippen LogP contribution >= 0.6 is 34.9 Å². The predicted molar refractivity (Wildman–Crippen MR) is 147 cm³/mol. The molecule has 180 valence electrons. The van der Waals surface area contributed by atoms with Crippen molar-refractivity contribution in [3.63, 3.8) is 0 Å². The van der Waals surface area contributed by atoms with Gasteiger partial charge in [0.15, 0.2) is 0 Å². The summed E-state index contributed by atoms with van der Waals surface area (Å²) >= 11 is -0.106. The number of hydrogen-bond acceptors (Lipinski definition) is 0. The van der Waals surface area contributed by atoms with E-state index >= 15 is 0 Å². The van der Waals surface area contributed by atoms with Crippen molar-refractivity contribution in [3.8, 4) is 0 Å². The van der Waals surface area contributed by atoms with E-state index in [1.807, 2.05) is 0 Å². The van der Waals surface area contributed by atoms with Crippen molar-refractivity contribution in [2.24, 2.45) is 0 Å². The van der Waals surface area contributed by atoms with Crippen LogP contribution in [0, 0.1) is 0 Å². The van der Waals surface area contributed by atoms with Crippen molar-refractivity contribution < 1.29 is 15.9 Å². The standard InChI is InChI=1S/2C12H25P.2ClH.Pd/c2*1-8-9-10-13(11(2,3)4)12(5,6)7;;;/h2*8-9H,10H2,1-7H3;2*1H;/q;;;;+2. The van der Waals surface area contributed by atoms with Gasteiger partial charge in [-0.3, -0.25) is 0 Å². The van der Waals surface area contributed by atoms with E-state index in [1.165, 1.54) is 12.3 Å². The summed E-state index contributed by atoms with van der Waals surface area (Å²) in [7, 11) is 8.98. The molecule has 5 heteroatoms. The quantitative estimate of drug-likeness (QED) is 0.177. The van der Waals surface area contributed by atoms with Gasteiger partial charge in [0.1, 0.15) is 0 Å². The van der Waals surface area contributed by atoms with E-state index in [0.717, 1.165) is 0 Å². The summed E-state index contributed by atoms with van der Waals surface area (Å²) in [6.07, 6.45) is 11.6. The van der Waals surface area contributed by atoms with Crippen molar-refractivity contribution in [2.75, 3.05) is 12.3 Å². The third kappa shape index (κ3) is 20.0. The molecule has 0 aliphatic carbocycles. The van der Waals surface area contributed by atoms with E-state index in [4.69, 9.17) is 19.1 Å². The summed E-state index contributed by atoms with van der Waals surface area (Å²) in [5.74, 6) is 0. The van der Waals surface area contributed by atoms with Crippen LogP contribution in [-0.4, -0.2) is 32.9 Å². The average molecular weight is 580 g/mol. The molecule has 0 aromatic heterocycles. The molecular weight excluding hydrogens is 528 g/mol. The van der Waals surface area contributed by atoms with Gasteiger partial charge in [-0.25, -0.2) is 0 Å². The van der Waals surface area contributed by atoms with Gasteiger partial charge >= 0.3 is 35.0 Å². The molecule has 0 unspecified atom stereocenters. The third-order valence-electron chi connectivity index (χ3n) is 4.74. The second-order valence-corrected chi connectivity index (χ2v) is 22.6. The second-order valence-electron chi connectivity index (χ2n) is 11.5. The van der Waals surface area contributed by atoms with Crippen molar-refractivity contribution >= 4 is 34.9 Å². The molecule has 0 nitrogen and oxygen atoms in total. The first-order chi connectivity index (χ1) is 12.8. The molecule has 0 radical (unpaired) electrons. The fourth-order valence-electron chi connectivity index (χ4n) is 3.95. The summed E-state index contributed by atoms with van der Waals surface area (Å²) in [6, 6.07) is 0. The Morgan fingerprint density at radius 2 is 0.724 bits per heavy atom. The zero-order valence-electron chi connectivity index (χ0n) is 21.8. The molecule has 0 bridgehead atoms. The minimum absolute atomic E-state index is 0.106. The molecule has 0 saturated carbocycles. The molecule has 0 aromatic carbocycles. The van der Waals surface area contributed by atoms with Crippen LogP contribution in [0.3, 0.4) is 0 Å². The first-order valence-electron chi connectivity index (χ1n) is 10.6. The Hall–Kier alpha value is 1.58. The molecule has 29 heavy (non-hydrogen) atoms. The van der Waals surface area contributed by atoms with E-state index in [1.54, 1.807) is 0 Å². The van der Waals surface area contributed by atoms with Gasteiger partial charge in [0.25, 0.3) is 0 Å². The summed E-state index contributed by atoms with van der Waals surface area (Å²) in [5, 5.41) is 2.01. The van der Waals surface area contributed by atoms with E-state index < -0.39 is 0 Å². The van der Waals surface area contributed by atoms with Gasteiger partial charge in [0.05, 0.1) is 32.9 Å². The van der Waals surface area contributed by atoms with Crippen molar-refractivity contribution in [1.29, 1.82) is 0 Å². The van der Waals surface area contributed by atoms with Crippen LogP contribution in [0.5, 0.6) is 0 Å². The Labute approximate surface area is 204 Å². The molecule has 0 rings (SSSR count). The Morgan fingerprint density at radius 3 is 0.828 bits per heavy atom. The summed E-state index contributed by atoms with van der Waals surface area (Å²) in [4.78, 5) is 0. The maximum absolute atomic E-state index is 4.81. The van der Waals surface area contributed by atoms with E-state index in [2.05, 4.69) is 121 Å². The van der Waals surface area contributed by atoms with Gasteiger partial charge in [-0.05, 0) is 96.9 Å². The van der Waals surface area contributed by atoms with Crippen LogP contribution in [-0.2, 0) is 15.9 Å². The second kappa shape index (κ2) is 16.2. The number of rotatable bonds is 4. The van der Waals surface area contributed by atoms with Crippen LogP contribution in [0.1, 0.15) is 96.9 Å². The van der Waals surface area contributed by atoms with Crippen molar-refractivity contribution in [2.45, 2.75) is 118 Å². The van der Waals surface area contributed by atoms with E-state index in [9.17, 15) is 0 Å². The molecule has 0 amide bonds. The molecule has 0 atom stereocenters. The first-order valence-corrected chi connectivity index (χ1v) is 18.0. The predicted octanol–water partition coefficient (Wildman–Crippen LogP) is 10.1. The summed E-state index contributed by atoms with van der Waals surface area (Å²) < 4.78 is 0. The van der Waals surface area contributed by atoms with Crippen LogP contribution < -0.4 is 0 Å². The monoisotopic (exact) mass is 578 g/mol. The topological polar surface area (TPSA) is 0 Å². The van der Waals surface area contributed by atoms with Gasteiger partial charge < -0.3 is 0 Å². The Balaban J connectivity index is -0.000000410. The Bertz CT molecular complexity index is 377. The zero-order chi connectivity index (χ0) is 24.1. The van der Waals surface area contributed by atoms with Gasteiger partial charge in [0.2, 0.25) is 0 Å². The molecule has 0 aliphatic rings. The number of allylic oxidation sites excluding steroid dienone is 4. The Morgan fingerprint density at radius 1 is 0.552 bits per heavy atom. The molecule has 0 saturated heterocycles. The zero-order valence-corrected chi connectivity index (χ0v) is 26.9. The average Bonchev–Trinajstić information content (AvgIpc) is 2.44. The van der Waals surface area contributed by atoms with Crippen LogP contribution in [0.15, 0.2) is 24.3 Å². The van der Waals surface area contributed by atoms with Crippen LogP contribution in [0.2, 0.25) is 0 Å². The van der Waals surface area contributed by atoms with Crippen molar-refractivity contribution in [1.82, 2.24) is 0 Å². The number of hydrogen-bond donors (Lipinski definition) is 0. The fourth-order valence-corrected chi connectivity index (χ4v) is 11.8. The van der Waals surface area contributed by atoms with Crippen molar-refractivity contribution in [3.05, 3.63) is 24.3 Å². The molecule has 0 fully saturated rings. The fraction of sp³-hybridized carbons (Fsp3) is 0.833. The van der Waals surface area contributed by atoms with Gasteiger partial charge in [-0.1, -0.05) is 24.3 Å². The molecule has 0 N–H and O–H groups in total. The molecule has 0 heterocycles. The van der Waals surface area contributed by atoms with Crippen LogP contribution in [0.25, 0.3) is 0 Å².